The summed E-state index contributed by atoms with van der Waals surface area (Å²) in [6.45, 7) is 4.58. The summed E-state index contributed by atoms with van der Waals surface area (Å²) in [5.74, 6) is -0.0115. The Balaban J connectivity index is 1.43. The molecule has 0 radical (unpaired) electrons. The van der Waals surface area contributed by atoms with Crippen molar-refractivity contribution < 1.29 is 14.4 Å². The number of aryl methyl sites for hydroxylation is 1. The van der Waals surface area contributed by atoms with E-state index in [1.165, 1.54) is 0 Å². The molecule has 3 amide bonds. The van der Waals surface area contributed by atoms with Crippen molar-refractivity contribution in [3.63, 3.8) is 0 Å². The normalized spacial score (nSPS) is 18.3. The number of hydrogen-bond donors (Lipinski definition) is 1. The van der Waals surface area contributed by atoms with Crippen molar-refractivity contribution in [2.24, 2.45) is 0 Å². The van der Waals surface area contributed by atoms with E-state index < -0.39 is 0 Å². The van der Waals surface area contributed by atoms with Gasteiger partial charge in [0.05, 0.1) is 6.04 Å². The molecule has 2 aromatic carbocycles. The summed E-state index contributed by atoms with van der Waals surface area (Å²) >= 11 is 0. The van der Waals surface area contributed by atoms with Crippen LogP contribution in [-0.2, 0) is 9.59 Å². The van der Waals surface area contributed by atoms with Crippen molar-refractivity contribution in [1.29, 1.82) is 0 Å². The number of carbonyl (C=O) groups is 3. The molecule has 32 heavy (non-hydrogen) atoms. The fraction of sp³-hybridized carbons (Fsp3) is 0.320. The molecule has 0 aliphatic carbocycles. The Morgan fingerprint density at radius 2 is 1.78 bits per heavy atom. The van der Waals surface area contributed by atoms with Crippen LogP contribution in [0.15, 0.2) is 48.5 Å². The van der Waals surface area contributed by atoms with Gasteiger partial charge in [-0.25, -0.2) is 0 Å². The number of nitrogens with one attached hydrogen (secondary N) is 1. The van der Waals surface area contributed by atoms with E-state index in [4.69, 9.17) is 0 Å². The molecule has 5 rings (SSSR count). The van der Waals surface area contributed by atoms with Gasteiger partial charge in [0.25, 0.3) is 5.91 Å². The summed E-state index contributed by atoms with van der Waals surface area (Å²) in [7, 11) is 0. The number of para-hydroxylation sites is 1. The third kappa shape index (κ3) is 3.34. The van der Waals surface area contributed by atoms with Crippen LogP contribution >= 0.6 is 0 Å². The van der Waals surface area contributed by atoms with Crippen molar-refractivity contribution in [1.82, 2.24) is 19.7 Å². The number of aromatic nitrogens is 1. The number of H-pyrrole nitrogens is 1. The van der Waals surface area contributed by atoms with Gasteiger partial charge < -0.3 is 19.7 Å². The maximum absolute atomic E-state index is 13.4. The maximum Gasteiger partial charge on any atom is 0.255 e. The Bertz CT molecular complexity index is 1190. The minimum Gasteiger partial charge on any atom is -0.358 e. The molecule has 0 saturated carbocycles. The van der Waals surface area contributed by atoms with Crippen molar-refractivity contribution in [3.05, 3.63) is 70.9 Å². The summed E-state index contributed by atoms with van der Waals surface area (Å²) in [6.07, 6.45) is 1.09. The standard InChI is InChI=1S/C25H26N4O3/c1-17-23(20-8-4-5-9-21(20)26-17)24-18-6-2-3-7-19(18)25(32)29(24)11-10-22(31)28-14-12-27(16-30)13-15-28/h2-9,16,24,26H,10-15H2,1H3/t24-/m0/s1. The average Bonchev–Trinajstić information content (AvgIpc) is 3.30. The minimum absolute atomic E-state index is 0.0219. The van der Waals surface area contributed by atoms with E-state index in [-0.39, 0.29) is 24.3 Å². The molecule has 1 saturated heterocycles. The van der Waals surface area contributed by atoms with Gasteiger partial charge in [-0.3, -0.25) is 14.4 Å². The first-order chi connectivity index (χ1) is 15.6. The molecule has 1 aromatic heterocycles. The van der Waals surface area contributed by atoms with Gasteiger partial charge in [-0.2, -0.15) is 0 Å². The summed E-state index contributed by atoms with van der Waals surface area (Å²) < 4.78 is 0. The molecule has 1 N–H and O–H groups in total. The number of benzene rings is 2. The molecule has 7 heteroatoms. The highest BCUT2D eigenvalue weighted by Gasteiger charge is 2.39. The second-order valence-electron chi connectivity index (χ2n) is 8.47. The van der Waals surface area contributed by atoms with Gasteiger partial charge in [0.1, 0.15) is 0 Å². The van der Waals surface area contributed by atoms with Crippen LogP contribution in [0.2, 0.25) is 0 Å². The zero-order valence-electron chi connectivity index (χ0n) is 18.1. The smallest absolute Gasteiger partial charge is 0.255 e. The molecule has 164 valence electrons. The number of nitrogens with zero attached hydrogens (tertiary/aromatic N) is 3. The van der Waals surface area contributed by atoms with E-state index in [0.717, 1.165) is 34.1 Å². The summed E-state index contributed by atoms with van der Waals surface area (Å²) in [5, 5.41) is 1.10. The van der Waals surface area contributed by atoms with Gasteiger partial charge in [0, 0.05) is 66.9 Å². The molecule has 0 unspecified atom stereocenters. The third-order valence-corrected chi connectivity index (χ3v) is 6.66. The van der Waals surface area contributed by atoms with Crippen LogP contribution < -0.4 is 0 Å². The highest BCUT2D eigenvalue weighted by atomic mass is 16.2. The summed E-state index contributed by atoms with van der Waals surface area (Å²) in [5.41, 5.74) is 4.85. The molecule has 7 nitrogen and oxygen atoms in total. The zero-order valence-corrected chi connectivity index (χ0v) is 18.1. The molecular formula is C25H26N4O3. The molecule has 2 aliphatic heterocycles. The number of piperazine rings is 1. The predicted molar refractivity (Wildman–Crippen MR) is 121 cm³/mol. The van der Waals surface area contributed by atoms with E-state index in [0.29, 0.717) is 38.3 Å². The Morgan fingerprint density at radius 3 is 2.56 bits per heavy atom. The minimum atomic E-state index is -0.227. The summed E-state index contributed by atoms with van der Waals surface area (Å²) in [6, 6.07) is 15.6. The second-order valence-corrected chi connectivity index (χ2v) is 8.47. The van der Waals surface area contributed by atoms with E-state index in [1.54, 1.807) is 9.80 Å². The van der Waals surface area contributed by atoms with E-state index in [1.807, 2.05) is 54.3 Å². The van der Waals surface area contributed by atoms with Gasteiger partial charge in [0.2, 0.25) is 12.3 Å². The number of fused-ring (bicyclic) bond motifs is 2. The number of rotatable bonds is 5. The molecule has 0 spiro atoms. The van der Waals surface area contributed by atoms with Crippen molar-refractivity contribution in [3.8, 4) is 0 Å². The van der Waals surface area contributed by atoms with E-state index in [9.17, 15) is 14.4 Å². The van der Waals surface area contributed by atoms with Crippen LogP contribution in [0.3, 0.4) is 0 Å². The van der Waals surface area contributed by atoms with Gasteiger partial charge in [0.15, 0.2) is 0 Å². The van der Waals surface area contributed by atoms with Crippen LogP contribution in [0.4, 0.5) is 0 Å². The summed E-state index contributed by atoms with van der Waals surface area (Å²) in [4.78, 5) is 45.9. The zero-order chi connectivity index (χ0) is 22.2. The molecule has 3 aromatic rings. The van der Waals surface area contributed by atoms with Crippen LogP contribution in [0.5, 0.6) is 0 Å². The van der Waals surface area contributed by atoms with Crippen molar-refractivity contribution in [2.75, 3.05) is 32.7 Å². The van der Waals surface area contributed by atoms with E-state index >= 15 is 0 Å². The Morgan fingerprint density at radius 1 is 1.06 bits per heavy atom. The van der Waals surface area contributed by atoms with Crippen LogP contribution in [0.25, 0.3) is 10.9 Å². The highest BCUT2D eigenvalue weighted by molar-refractivity contribution is 6.01. The quantitative estimate of drug-likeness (QED) is 0.633. The van der Waals surface area contributed by atoms with Gasteiger partial charge in [-0.05, 0) is 24.6 Å². The molecule has 2 aliphatic rings. The predicted octanol–water partition coefficient (Wildman–Crippen LogP) is 2.71. The average molecular weight is 431 g/mol. The lowest BCUT2D eigenvalue weighted by Gasteiger charge is -2.33. The van der Waals surface area contributed by atoms with Gasteiger partial charge >= 0.3 is 0 Å². The van der Waals surface area contributed by atoms with E-state index in [2.05, 4.69) is 11.1 Å². The first-order valence-corrected chi connectivity index (χ1v) is 11.0. The monoisotopic (exact) mass is 430 g/mol. The number of hydrogen-bond acceptors (Lipinski definition) is 3. The second kappa shape index (κ2) is 8.15. The van der Waals surface area contributed by atoms with Crippen molar-refractivity contribution in [2.45, 2.75) is 19.4 Å². The van der Waals surface area contributed by atoms with Gasteiger partial charge in [-0.15, -0.1) is 0 Å². The lowest BCUT2D eigenvalue weighted by molar-refractivity contribution is -0.135. The fourth-order valence-electron chi connectivity index (χ4n) is 5.01. The number of carbonyl (C=O) groups excluding carboxylic acids is 3. The Kier molecular flexibility index (Phi) is 5.17. The van der Waals surface area contributed by atoms with Crippen LogP contribution in [0, 0.1) is 6.92 Å². The molecular weight excluding hydrogens is 404 g/mol. The Labute approximate surface area is 186 Å². The van der Waals surface area contributed by atoms with Crippen molar-refractivity contribution >= 4 is 29.1 Å². The third-order valence-electron chi connectivity index (χ3n) is 6.66. The molecule has 1 atom stereocenters. The molecule has 1 fully saturated rings. The van der Waals surface area contributed by atoms with Crippen LogP contribution in [0.1, 0.15) is 39.6 Å². The van der Waals surface area contributed by atoms with Gasteiger partial charge in [-0.1, -0.05) is 36.4 Å². The SMILES string of the molecule is Cc1[nH]c2ccccc2c1[C@@H]1c2ccccc2C(=O)N1CCC(=O)N1CCN(C=O)CC1. The Hall–Kier alpha value is -3.61. The molecule has 0 bridgehead atoms. The van der Waals surface area contributed by atoms with Crippen LogP contribution in [-0.4, -0.2) is 70.6 Å². The largest absolute Gasteiger partial charge is 0.358 e. The maximum atomic E-state index is 13.4. The first-order valence-electron chi connectivity index (χ1n) is 11.0. The lowest BCUT2D eigenvalue weighted by Crippen LogP contribution is -2.48. The highest BCUT2D eigenvalue weighted by Crippen LogP contribution is 2.42. The topological polar surface area (TPSA) is 76.7 Å². The number of amides is 3. The lowest BCUT2D eigenvalue weighted by atomic mass is 9.95. The molecule has 3 heterocycles. The number of aromatic amines is 1. The first kappa shape index (κ1) is 20.3. The fourth-order valence-corrected chi connectivity index (χ4v) is 5.01.